The molecule has 280 valence electrons. The molecule has 2 aromatic carbocycles. The average molecular weight is 749 g/mol. The van der Waals surface area contributed by atoms with Crippen LogP contribution in [0.4, 0.5) is 0 Å². The summed E-state index contributed by atoms with van der Waals surface area (Å²) in [7, 11) is 0. The highest BCUT2D eigenvalue weighted by Crippen LogP contribution is 2.46. The summed E-state index contributed by atoms with van der Waals surface area (Å²) in [5, 5.41) is 122. The van der Waals surface area contributed by atoms with Gasteiger partial charge in [-0.3, -0.25) is 9.59 Å². The summed E-state index contributed by atoms with van der Waals surface area (Å²) in [5.41, 5.74) is -0.387. The number of carbonyl (C=O) groups is 2. The van der Waals surface area contributed by atoms with E-state index in [1.807, 2.05) is 0 Å². The molecule has 3 aromatic rings. The summed E-state index contributed by atoms with van der Waals surface area (Å²) < 4.78 is 32.8. The van der Waals surface area contributed by atoms with Gasteiger partial charge in [-0.1, -0.05) is 0 Å². The van der Waals surface area contributed by atoms with Gasteiger partial charge in [0.25, 0.3) is 0 Å². The van der Waals surface area contributed by atoms with E-state index in [1.165, 1.54) is 0 Å². The van der Waals surface area contributed by atoms with Crippen LogP contribution in [0.1, 0.15) is 6.42 Å². The van der Waals surface area contributed by atoms with E-state index in [9.17, 15) is 65.8 Å². The molecule has 0 unspecified atom stereocenters. The largest absolute Gasteiger partial charge is 1.00 e. The molecule has 0 amide bonds. The molecule has 0 bridgehead atoms. The number of fused-ring (bicyclic) bond motifs is 1. The molecule has 3 heterocycles. The van der Waals surface area contributed by atoms with Crippen LogP contribution in [0.3, 0.4) is 0 Å². The number of aromatic hydroxyl groups is 4. The Balaban J connectivity index is 0.00000583. The Morgan fingerprint density at radius 2 is 1.31 bits per heavy atom. The smallest absolute Gasteiger partial charge is 0.402 e. The summed E-state index contributed by atoms with van der Waals surface area (Å²) in [6.45, 7) is -1.58. The first-order valence-electron chi connectivity index (χ1n) is 14.7. The van der Waals surface area contributed by atoms with Crippen molar-refractivity contribution >= 4 is 22.9 Å². The fourth-order valence-electron chi connectivity index (χ4n) is 5.20. The molecule has 5 rings (SSSR count). The van der Waals surface area contributed by atoms with Gasteiger partial charge in [-0.2, -0.15) is 0 Å². The number of esters is 1. The number of carboxylic acid groups (broad SMARTS) is 1. The molecule has 51 heavy (non-hydrogen) atoms. The van der Waals surface area contributed by atoms with Crippen LogP contribution in [-0.4, -0.2) is 148 Å². The summed E-state index contributed by atoms with van der Waals surface area (Å²) in [6.07, 6.45) is -19.0. The number of aliphatic carboxylic acids is 1. The molecule has 2 fully saturated rings. The number of hydrogen-bond acceptors (Lipinski definition) is 18. The number of aliphatic hydroxyl groups excluding tert-OH is 7. The lowest BCUT2D eigenvalue weighted by molar-refractivity contribution is -0.278. The van der Waals surface area contributed by atoms with Gasteiger partial charge in [0.1, 0.15) is 78.7 Å². The summed E-state index contributed by atoms with van der Waals surface area (Å²) >= 11 is 0. The Labute approximate surface area is 291 Å². The molecule has 2 aliphatic heterocycles. The second-order valence-corrected chi connectivity index (χ2v) is 11.4. The third-order valence-corrected chi connectivity index (χ3v) is 7.84. The second kappa shape index (κ2) is 15.8. The Bertz CT molecular complexity index is 1740. The van der Waals surface area contributed by atoms with Crippen LogP contribution < -0.4 is 21.9 Å². The van der Waals surface area contributed by atoms with E-state index < -0.39 is 133 Å². The highest BCUT2D eigenvalue weighted by Gasteiger charge is 2.47. The first-order valence-corrected chi connectivity index (χ1v) is 14.7. The predicted octanol–water partition coefficient (Wildman–Crippen LogP) is -5.41. The fraction of sp³-hybridized carbons (Fsp3) is 0.433. The van der Waals surface area contributed by atoms with Crippen molar-refractivity contribution in [3.63, 3.8) is 0 Å². The van der Waals surface area contributed by atoms with Gasteiger partial charge in [0.05, 0.1) is 18.2 Å². The van der Waals surface area contributed by atoms with Gasteiger partial charge in [0, 0.05) is 24.3 Å². The number of rotatable bonds is 10. The number of aliphatic hydroxyl groups is 7. The highest BCUT2D eigenvalue weighted by molar-refractivity contribution is 5.90. The zero-order valence-corrected chi connectivity index (χ0v) is 26.5. The van der Waals surface area contributed by atoms with Crippen LogP contribution >= 0.6 is 0 Å². The second-order valence-electron chi connectivity index (χ2n) is 11.4. The van der Waals surface area contributed by atoms with Crippen molar-refractivity contribution in [2.24, 2.45) is 0 Å². The lowest BCUT2D eigenvalue weighted by Gasteiger charge is -2.39. The third kappa shape index (κ3) is 8.20. The van der Waals surface area contributed by atoms with Crippen LogP contribution in [0.5, 0.6) is 34.5 Å². The zero-order chi connectivity index (χ0) is 36.6. The monoisotopic (exact) mass is 748 g/mol. The fourth-order valence-corrected chi connectivity index (χ4v) is 5.20. The Hall–Kier alpha value is -4.48. The average Bonchev–Trinajstić information content (AvgIpc) is 3.06. The van der Waals surface area contributed by atoms with Crippen molar-refractivity contribution in [1.29, 1.82) is 0 Å². The lowest BCUT2D eigenvalue weighted by Crippen LogP contribution is -3.00. The maximum Gasteiger partial charge on any atom is 0.402 e. The van der Waals surface area contributed by atoms with E-state index in [1.54, 1.807) is 0 Å². The number of halogens is 1. The van der Waals surface area contributed by atoms with Crippen LogP contribution in [0, 0.1) is 0 Å². The van der Waals surface area contributed by atoms with Gasteiger partial charge >= 0.3 is 23.3 Å². The van der Waals surface area contributed by atoms with Gasteiger partial charge in [0.2, 0.25) is 24.1 Å². The zero-order valence-electron chi connectivity index (χ0n) is 25.8. The van der Waals surface area contributed by atoms with Crippen molar-refractivity contribution in [2.75, 3.05) is 13.2 Å². The van der Waals surface area contributed by atoms with E-state index in [2.05, 4.69) is 0 Å². The minimum Gasteiger partial charge on any atom is -1.00 e. The van der Waals surface area contributed by atoms with Gasteiger partial charge < -0.3 is 97.4 Å². The molecule has 0 radical (unpaired) electrons. The van der Waals surface area contributed by atoms with Crippen molar-refractivity contribution in [2.45, 2.75) is 67.8 Å². The van der Waals surface area contributed by atoms with E-state index >= 15 is 0 Å². The van der Waals surface area contributed by atoms with Crippen molar-refractivity contribution in [3.05, 3.63) is 30.3 Å². The first kappa shape index (κ1) is 39.3. The SMILES string of the molecule is O=C(O)CC(=O)OC[C@H]1O[C@@H](Oc2cc3c(O)cc(O)cc3[o+]c2-c2cc(O)c(O)c(O[C@@H]3O[C@H](CO)[C@@H](O)[C@H](O)[C@H]3O)c2)[C@H](O)[C@@H](O)[C@@H]1O.[Cl-]. The number of carbonyl (C=O) groups excluding carboxylic acids is 1. The van der Waals surface area contributed by atoms with Crippen LogP contribution in [0.2, 0.25) is 0 Å². The molecule has 1 aromatic heterocycles. The Morgan fingerprint density at radius 3 is 1.92 bits per heavy atom. The molecule has 12 N–H and O–H groups in total. The molecule has 0 aliphatic carbocycles. The molecule has 2 aliphatic rings. The third-order valence-electron chi connectivity index (χ3n) is 7.84. The van der Waals surface area contributed by atoms with Gasteiger partial charge in [-0.15, -0.1) is 0 Å². The van der Waals surface area contributed by atoms with E-state index in [0.29, 0.717) is 0 Å². The molecular weight excluding hydrogens is 716 g/mol. The first-order chi connectivity index (χ1) is 23.6. The highest BCUT2D eigenvalue weighted by atomic mass is 35.5. The molecule has 21 heteroatoms. The van der Waals surface area contributed by atoms with E-state index in [4.69, 9.17) is 33.2 Å². The van der Waals surface area contributed by atoms with Crippen molar-refractivity contribution < 1.29 is 111 Å². The quantitative estimate of drug-likeness (QED) is 0.0398. The number of ether oxygens (including phenoxy) is 5. The van der Waals surface area contributed by atoms with Crippen LogP contribution in [0.15, 0.2) is 34.7 Å². The molecule has 20 nitrogen and oxygen atoms in total. The number of carboxylic acids is 1. The van der Waals surface area contributed by atoms with E-state index in [-0.39, 0.29) is 28.9 Å². The standard InChI is InChI=1S/C30H32O20.ClH/c31-7-17-22(39)24(41)26(43)29(49-17)47-15-2-9(1-13(34)21(15)38)28-16(5-11-12(33)3-10(32)4-14(11)46-28)48-30-27(44)25(42)23(40)18(50-30)8-45-20(37)6-19(35)36;/h1-5,17-18,22-27,29-31,39-44H,6-8H2,(H4-,32,33,34,35,36,38);1H/t17-,18-,22-,23-,24+,25+,26-,27-,29-,30-;/m1./s1. The lowest BCUT2D eigenvalue weighted by atomic mass is 9.99. The van der Waals surface area contributed by atoms with Gasteiger partial charge in [0.15, 0.2) is 11.5 Å². The van der Waals surface area contributed by atoms with Gasteiger partial charge in [-0.25, -0.2) is 4.42 Å². The number of hydrogen-bond donors (Lipinski definition) is 12. The van der Waals surface area contributed by atoms with Crippen molar-refractivity contribution in [3.8, 4) is 45.8 Å². The Morgan fingerprint density at radius 1 is 0.725 bits per heavy atom. The van der Waals surface area contributed by atoms with E-state index in [0.717, 1.165) is 30.3 Å². The Kier molecular flexibility index (Phi) is 12.2. The van der Waals surface area contributed by atoms with Crippen LogP contribution in [-0.2, 0) is 23.8 Å². The minimum absolute atomic E-state index is 0. The maximum absolute atomic E-state index is 11.7. The summed E-state index contributed by atoms with van der Waals surface area (Å²) in [4.78, 5) is 22.5. The molecule has 0 spiro atoms. The normalized spacial score (nSPS) is 29.2. The number of phenols is 4. The van der Waals surface area contributed by atoms with Crippen molar-refractivity contribution in [1.82, 2.24) is 0 Å². The topological polar surface area (TPSA) is 334 Å². The van der Waals surface area contributed by atoms with Gasteiger partial charge in [-0.05, 0) is 0 Å². The molecule has 0 saturated carbocycles. The summed E-state index contributed by atoms with van der Waals surface area (Å²) in [6, 6.07) is 5.10. The van der Waals surface area contributed by atoms with Crippen LogP contribution in [0.25, 0.3) is 22.3 Å². The summed E-state index contributed by atoms with van der Waals surface area (Å²) in [5.74, 6) is -6.86. The number of phenolic OH excluding ortho intramolecular Hbond substituents is 4. The molecule has 10 atom stereocenters. The molecule has 2 saturated heterocycles. The number of benzene rings is 2. The maximum atomic E-state index is 11.7. The minimum atomic E-state index is -1.99. The molecular formula is C30H33ClO20. The predicted molar refractivity (Wildman–Crippen MR) is 158 cm³/mol.